The van der Waals surface area contributed by atoms with Crippen molar-refractivity contribution in [1.82, 2.24) is 4.90 Å². The smallest absolute Gasteiger partial charge is 0.235 e. The summed E-state index contributed by atoms with van der Waals surface area (Å²) in [6.45, 7) is 6.33. The van der Waals surface area contributed by atoms with Crippen molar-refractivity contribution < 1.29 is 14.6 Å². The molecule has 0 saturated carbocycles. The van der Waals surface area contributed by atoms with Crippen molar-refractivity contribution in [2.24, 2.45) is 11.1 Å². The largest absolute Gasteiger partial charge is 0.507 e. The molecule has 0 radical (unpaired) electrons. The molecule has 5 nitrogen and oxygen atoms in total. The SMILES string of the molecule is COc1ccccc1-c1cccc(CN(C)[C@H](C(N)=O)C(C)(C)C)c1O. The molecular weight excluding hydrogens is 328 g/mol. The van der Waals surface area contributed by atoms with E-state index in [2.05, 4.69) is 0 Å². The summed E-state index contributed by atoms with van der Waals surface area (Å²) in [6, 6.07) is 12.7. The molecule has 5 heteroatoms. The van der Waals surface area contributed by atoms with Crippen LogP contribution in [0, 0.1) is 5.41 Å². The molecule has 2 aromatic rings. The summed E-state index contributed by atoms with van der Waals surface area (Å²) < 4.78 is 5.41. The van der Waals surface area contributed by atoms with E-state index < -0.39 is 6.04 Å². The number of methoxy groups -OCH3 is 1. The Morgan fingerprint density at radius 3 is 2.35 bits per heavy atom. The fraction of sp³-hybridized carbons (Fsp3) is 0.381. The lowest BCUT2D eigenvalue weighted by Crippen LogP contribution is -2.50. The average Bonchev–Trinajstić information content (AvgIpc) is 2.55. The highest BCUT2D eigenvalue weighted by molar-refractivity contribution is 5.81. The summed E-state index contributed by atoms with van der Waals surface area (Å²) >= 11 is 0. The number of likely N-dealkylation sites (N-methyl/N-ethyl adjacent to an activating group) is 1. The minimum atomic E-state index is -0.447. The summed E-state index contributed by atoms with van der Waals surface area (Å²) in [5.41, 5.74) is 7.55. The third kappa shape index (κ3) is 4.17. The molecule has 0 aliphatic rings. The molecule has 0 aliphatic heterocycles. The quantitative estimate of drug-likeness (QED) is 0.832. The fourth-order valence-corrected chi connectivity index (χ4v) is 3.47. The molecule has 0 fully saturated rings. The second-order valence-electron chi connectivity index (χ2n) is 7.60. The van der Waals surface area contributed by atoms with Crippen LogP contribution in [0.15, 0.2) is 42.5 Å². The Hall–Kier alpha value is -2.53. The lowest BCUT2D eigenvalue weighted by atomic mass is 9.85. The van der Waals surface area contributed by atoms with Crippen molar-refractivity contribution in [3.8, 4) is 22.6 Å². The predicted molar refractivity (Wildman–Crippen MR) is 104 cm³/mol. The molecule has 1 amide bonds. The van der Waals surface area contributed by atoms with Crippen molar-refractivity contribution >= 4 is 5.91 Å². The van der Waals surface area contributed by atoms with Crippen molar-refractivity contribution in [2.45, 2.75) is 33.4 Å². The minimum absolute atomic E-state index is 0.181. The number of phenolic OH excluding ortho intramolecular Hbond substituents is 1. The zero-order valence-electron chi connectivity index (χ0n) is 16.1. The summed E-state index contributed by atoms with van der Waals surface area (Å²) in [4.78, 5) is 13.8. The lowest BCUT2D eigenvalue weighted by molar-refractivity contribution is -0.126. The molecule has 3 N–H and O–H groups in total. The van der Waals surface area contributed by atoms with Gasteiger partial charge in [-0.2, -0.15) is 0 Å². The van der Waals surface area contributed by atoms with Gasteiger partial charge in [0.05, 0.1) is 13.2 Å². The number of phenols is 1. The first-order chi connectivity index (χ1) is 12.2. The molecule has 140 valence electrons. The van der Waals surface area contributed by atoms with Crippen LogP contribution in [0.2, 0.25) is 0 Å². The Kier molecular flexibility index (Phi) is 5.93. The zero-order valence-corrected chi connectivity index (χ0v) is 16.1. The molecule has 1 atom stereocenters. The number of para-hydroxylation sites is 2. The van der Waals surface area contributed by atoms with Gasteiger partial charge in [0.15, 0.2) is 0 Å². The summed E-state index contributed by atoms with van der Waals surface area (Å²) in [6.07, 6.45) is 0. The normalized spacial score (nSPS) is 12.8. The number of hydrogen-bond acceptors (Lipinski definition) is 4. The Morgan fingerprint density at radius 1 is 1.15 bits per heavy atom. The first kappa shape index (κ1) is 19.8. The van der Waals surface area contributed by atoms with Crippen LogP contribution in [0.5, 0.6) is 11.5 Å². The molecule has 2 rings (SSSR count). The van der Waals surface area contributed by atoms with E-state index in [1.165, 1.54) is 0 Å². The molecule has 0 aliphatic carbocycles. The second-order valence-corrected chi connectivity index (χ2v) is 7.60. The van der Waals surface area contributed by atoms with Gasteiger partial charge in [-0.15, -0.1) is 0 Å². The Bertz CT molecular complexity index is 781. The van der Waals surface area contributed by atoms with Crippen molar-refractivity contribution in [3.05, 3.63) is 48.0 Å². The third-order valence-electron chi connectivity index (χ3n) is 4.47. The predicted octanol–water partition coefficient (Wildman–Crippen LogP) is 3.40. The first-order valence-corrected chi connectivity index (χ1v) is 8.60. The van der Waals surface area contributed by atoms with Crippen LogP contribution >= 0.6 is 0 Å². The van der Waals surface area contributed by atoms with E-state index in [1.54, 1.807) is 7.11 Å². The molecule has 0 aromatic heterocycles. The van der Waals surface area contributed by atoms with Gasteiger partial charge in [0.25, 0.3) is 0 Å². The van der Waals surface area contributed by atoms with Crippen LogP contribution < -0.4 is 10.5 Å². The van der Waals surface area contributed by atoms with Crippen molar-refractivity contribution in [2.75, 3.05) is 14.2 Å². The minimum Gasteiger partial charge on any atom is -0.507 e. The number of carbonyl (C=O) groups excluding carboxylic acids is 1. The van der Waals surface area contributed by atoms with Gasteiger partial charge in [0, 0.05) is 23.2 Å². The molecular formula is C21H28N2O3. The van der Waals surface area contributed by atoms with E-state index in [0.717, 1.165) is 11.1 Å². The number of carbonyl (C=O) groups is 1. The van der Waals surface area contributed by atoms with Gasteiger partial charge in [0.1, 0.15) is 11.5 Å². The summed E-state index contributed by atoms with van der Waals surface area (Å²) in [5, 5.41) is 10.8. The Balaban J connectivity index is 2.39. The zero-order chi connectivity index (χ0) is 19.5. The summed E-state index contributed by atoms with van der Waals surface area (Å²) in [5.74, 6) is 0.499. The fourth-order valence-electron chi connectivity index (χ4n) is 3.47. The monoisotopic (exact) mass is 356 g/mol. The van der Waals surface area contributed by atoms with Gasteiger partial charge in [-0.25, -0.2) is 0 Å². The molecule has 0 saturated heterocycles. The van der Waals surface area contributed by atoms with E-state index in [0.29, 0.717) is 17.9 Å². The van der Waals surface area contributed by atoms with Crippen LogP contribution in [0.4, 0.5) is 0 Å². The topological polar surface area (TPSA) is 75.8 Å². The van der Waals surface area contributed by atoms with Gasteiger partial charge in [-0.3, -0.25) is 9.69 Å². The number of nitrogens with zero attached hydrogens (tertiary/aromatic N) is 1. The number of benzene rings is 2. The molecule has 0 bridgehead atoms. The highest BCUT2D eigenvalue weighted by Crippen LogP contribution is 2.38. The van der Waals surface area contributed by atoms with Crippen LogP contribution in [0.3, 0.4) is 0 Å². The van der Waals surface area contributed by atoms with Gasteiger partial charge in [0.2, 0.25) is 5.91 Å². The lowest BCUT2D eigenvalue weighted by Gasteiger charge is -2.35. The number of primary amides is 1. The molecule has 0 unspecified atom stereocenters. The van der Waals surface area contributed by atoms with Crippen molar-refractivity contribution in [3.63, 3.8) is 0 Å². The van der Waals surface area contributed by atoms with E-state index >= 15 is 0 Å². The molecule has 0 spiro atoms. The van der Waals surface area contributed by atoms with E-state index in [-0.39, 0.29) is 17.1 Å². The van der Waals surface area contributed by atoms with E-state index in [9.17, 15) is 9.90 Å². The standard InChI is InChI=1S/C21H28N2O3/c1-21(2,3)19(20(22)25)23(4)13-14-9-8-11-16(18(14)24)15-10-6-7-12-17(15)26-5/h6-12,19,24H,13H2,1-5H3,(H2,22,25)/t19-/m1/s1. The summed E-state index contributed by atoms with van der Waals surface area (Å²) in [7, 11) is 3.45. The van der Waals surface area contributed by atoms with Crippen molar-refractivity contribution in [1.29, 1.82) is 0 Å². The maximum absolute atomic E-state index is 11.9. The van der Waals surface area contributed by atoms with Gasteiger partial charge in [-0.1, -0.05) is 57.2 Å². The molecule has 26 heavy (non-hydrogen) atoms. The molecule has 0 heterocycles. The first-order valence-electron chi connectivity index (χ1n) is 8.60. The maximum atomic E-state index is 11.9. The van der Waals surface area contributed by atoms with E-state index in [1.807, 2.05) is 75.2 Å². The molecule has 2 aromatic carbocycles. The second kappa shape index (κ2) is 7.79. The average molecular weight is 356 g/mol. The highest BCUT2D eigenvalue weighted by Gasteiger charge is 2.33. The van der Waals surface area contributed by atoms with Crippen LogP contribution in [-0.4, -0.2) is 36.1 Å². The maximum Gasteiger partial charge on any atom is 0.235 e. The third-order valence-corrected chi connectivity index (χ3v) is 4.47. The van der Waals surface area contributed by atoms with Crippen LogP contribution in [0.25, 0.3) is 11.1 Å². The number of amides is 1. The number of hydrogen-bond donors (Lipinski definition) is 2. The number of nitrogens with two attached hydrogens (primary N) is 1. The highest BCUT2D eigenvalue weighted by atomic mass is 16.5. The van der Waals surface area contributed by atoms with E-state index in [4.69, 9.17) is 10.5 Å². The number of rotatable bonds is 6. The van der Waals surface area contributed by atoms with Gasteiger partial charge >= 0.3 is 0 Å². The number of ether oxygens (including phenoxy) is 1. The van der Waals surface area contributed by atoms with Gasteiger partial charge < -0.3 is 15.6 Å². The van der Waals surface area contributed by atoms with Crippen LogP contribution in [-0.2, 0) is 11.3 Å². The van der Waals surface area contributed by atoms with Gasteiger partial charge in [-0.05, 0) is 18.5 Å². The number of aromatic hydroxyl groups is 1. The Labute approximate surface area is 155 Å². The Morgan fingerprint density at radius 2 is 1.77 bits per heavy atom. The van der Waals surface area contributed by atoms with Crippen LogP contribution in [0.1, 0.15) is 26.3 Å².